The number of nitrogens with zero attached hydrogens (tertiary/aromatic N) is 1. The molecule has 0 radical (unpaired) electrons. The number of methoxy groups -OCH3 is 1. The van der Waals surface area contributed by atoms with E-state index in [-0.39, 0.29) is 17.4 Å². The van der Waals surface area contributed by atoms with Crippen LogP contribution in [0.4, 0.5) is 0 Å². The normalized spacial score (nSPS) is 19.0. The number of carbonyl (C=O) groups is 1. The Labute approximate surface area is 138 Å². The van der Waals surface area contributed by atoms with Gasteiger partial charge < -0.3 is 14.4 Å². The smallest absolute Gasteiger partial charge is 0.254 e. The van der Waals surface area contributed by atoms with E-state index in [1.807, 2.05) is 38.7 Å². The second-order valence-corrected chi connectivity index (χ2v) is 7.64. The maximum atomic E-state index is 13.0. The van der Waals surface area contributed by atoms with Gasteiger partial charge in [0.2, 0.25) is 0 Å². The molecule has 0 saturated heterocycles. The molecule has 0 atom stereocenters. The molecular weight excluding hydrogens is 290 g/mol. The molecule has 1 fully saturated rings. The van der Waals surface area contributed by atoms with Crippen LogP contribution in [0.15, 0.2) is 18.2 Å². The molecule has 1 spiro atoms. The van der Waals surface area contributed by atoms with Crippen LogP contribution in [0.1, 0.15) is 51.7 Å². The lowest BCUT2D eigenvalue weighted by Crippen LogP contribution is -2.51. The summed E-state index contributed by atoms with van der Waals surface area (Å²) < 4.78 is 11.2. The number of hydrogen-bond acceptors (Lipinski definition) is 3. The molecule has 1 aromatic carbocycles. The third-order valence-corrected chi connectivity index (χ3v) is 4.93. The van der Waals surface area contributed by atoms with E-state index in [0.29, 0.717) is 6.54 Å². The highest BCUT2D eigenvalue weighted by molar-refractivity contribution is 5.85. The molecule has 4 heteroatoms. The first-order valence-corrected chi connectivity index (χ1v) is 8.42. The van der Waals surface area contributed by atoms with Crippen molar-refractivity contribution in [3.8, 4) is 5.75 Å². The van der Waals surface area contributed by atoms with Crippen LogP contribution in [-0.2, 0) is 21.5 Å². The highest BCUT2D eigenvalue weighted by Gasteiger charge is 2.51. The summed E-state index contributed by atoms with van der Waals surface area (Å²) in [6, 6.07) is 6.24. The van der Waals surface area contributed by atoms with E-state index in [9.17, 15) is 4.79 Å². The molecule has 1 saturated carbocycles. The minimum absolute atomic E-state index is 0.0326. The summed E-state index contributed by atoms with van der Waals surface area (Å²) in [5.41, 5.74) is 1.95. The van der Waals surface area contributed by atoms with Crippen molar-refractivity contribution < 1.29 is 14.3 Å². The summed E-state index contributed by atoms with van der Waals surface area (Å²) in [5, 5.41) is 0. The van der Waals surface area contributed by atoms with Gasteiger partial charge in [0.25, 0.3) is 5.91 Å². The Hall–Kier alpha value is -1.55. The van der Waals surface area contributed by atoms with Crippen molar-refractivity contribution in [2.75, 3.05) is 13.7 Å². The highest BCUT2D eigenvalue weighted by Crippen LogP contribution is 2.53. The maximum Gasteiger partial charge on any atom is 0.254 e. The lowest BCUT2D eigenvalue weighted by molar-refractivity contribution is -0.160. The number of ether oxygens (including phenoxy) is 2. The molecule has 0 bridgehead atoms. The Morgan fingerprint density at radius 1 is 1.30 bits per heavy atom. The Bertz CT molecular complexity index is 617. The van der Waals surface area contributed by atoms with Gasteiger partial charge in [-0.1, -0.05) is 6.07 Å². The van der Waals surface area contributed by atoms with E-state index in [1.54, 1.807) is 7.11 Å². The summed E-state index contributed by atoms with van der Waals surface area (Å²) in [5.74, 6) is 0.984. The summed E-state index contributed by atoms with van der Waals surface area (Å²) in [6.45, 7) is 9.13. The summed E-state index contributed by atoms with van der Waals surface area (Å²) in [6.07, 6.45) is 2.32. The van der Waals surface area contributed by atoms with Crippen LogP contribution in [0.2, 0.25) is 0 Å². The van der Waals surface area contributed by atoms with Gasteiger partial charge in [-0.05, 0) is 63.8 Å². The molecule has 1 amide bonds. The fraction of sp³-hybridized carbons (Fsp3) is 0.632. The van der Waals surface area contributed by atoms with Crippen LogP contribution in [-0.4, -0.2) is 36.2 Å². The van der Waals surface area contributed by atoms with E-state index in [1.165, 1.54) is 11.1 Å². The number of benzene rings is 1. The fourth-order valence-corrected chi connectivity index (χ4v) is 3.77. The van der Waals surface area contributed by atoms with E-state index >= 15 is 0 Å². The molecule has 1 aliphatic carbocycles. The predicted octanol–water partition coefficient (Wildman–Crippen LogP) is 3.27. The van der Waals surface area contributed by atoms with Gasteiger partial charge in [0, 0.05) is 18.5 Å². The van der Waals surface area contributed by atoms with Gasteiger partial charge in [-0.3, -0.25) is 4.79 Å². The predicted molar refractivity (Wildman–Crippen MR) is 89.6 cm³/mol. The molecule has 3 rings (SSSR count). The van der Waals surface area contributed by atoms with Gasteiger partial charge in [0.15, 0.2) is 0 Å². The summed E-state index contributed by atoms with van der Waals surface area (Å²) in [4.78, 5) is 15.0. The van der Waals surface area contributed by atoms with Crippen molar-refractivity contribution in [1.29, 1.82) is 0 Å². The third kappa shape index (κ3) is 2.97. The average Bonchev–Trinajstić information content (AvgIpc) is 3.25. The molecule has 1 heterocycles. The van der Waals surface area contributed by atoms with Gasteiger partial charge >= 0.3 is 0 Å². The van der Waals surface area contributed by atoms with Crippen molar-refractivity contribution in [2.45, 2.75) is 64.2 Å². The molecule has 1 aromatic rings. The Morgan fingerprint density at radius 3 is 2.57 bits per heavy atom. The van der Waals surface area contributed by atoms with Crippen molar-refractivity contribution in [1.82, 2.24) is 4.90 Å². The molecule has 23 heavy (non-hydrogen) atoms. The number of fused-ring (bicyclic) bond motifs is 2. The first-order valence-electron chi connectivity index (χ1n) is 8.42. The molecule has 126 valence electrons. The lowest BCUT2D eigenvalue weighted by atomic mass is 9.86. The van der Waals surface area contributed by atoms with Crippen LogP contribution < -0.4 is 4.74 Å². The molecule has 0 N–H and O–H groups in total. The SMILES string of the molecule is COc1ccc2c(c1)C1(CC1)CN(C(=O)C(C)(C)OC(C)C)C2. The summed E-state index contributed by atoms with van der Waals surface area (Å²) >= 11 is 0. The first-order chi connectivity index (χ1) is 10.8. The quantitative estimate of drug-likeness (QED) is 0.855. The largest absolute Gasteiger partial charge is 0.497 e. The van der Waals surface area contributed by atoms with Gasteiger partial charge in [-0.2, -0.15) is 0 Å². The standard InChI is InChI=1S/C19H27NO3/c1-13(2)23-18(3,4)17(21)20-11-14-6-7-15(22-5)10-16(14)19(12-20)8-9-19/h6-7,10,13H,8-9,11-12H2,1-5H3. The number of hydrogen-bond donors (Lipinski definition) is 0. The Morgan fingerprint density at radius 2 is 2.00 bits per heavy atom. The first kappa shape index (κ1) is 16.3. The molecule has 2 aliphatic rings. The molecule has 0 unspecified atom stereocenters. The van der Waals surface area contributed by atoms with E-state index < -0.39 is 5.60 Å². The van der Waals surface area contributed by atoms with Crippen molar-refractivity contribution in [3.63, 3.8) is 0 Å². The Balaban J connectivity index is 1.86. The van der Waals surface area contributed by atoms with E-state index in [0.717, 1.165) is 25.1 Å². The number of carbonyl (C=O) groups excluding carboxylic acids is 1. The zero-order valence-electron chi connectivity index (χ0n) is 14.8. The molecule has 4 nitrogen and oxygen atoms in total. The van der Waals surface area contributed by atoms with Gasteiger partial charge in [-0.25, -0.2) is 0 Å². The van der Waals surface area contributed by atoms with E-state index in [2.05, 4.69) is 12.1 Å². The second-order valence-electron chi connectivity index (χ2n) is 7.64. The van der Waals surface area contributed by atoms with Crippen LogP contribution in [0.5, 0.6) is 5.75 Å². The third-order valence-electron chi connectivity index (χ3n) is 4.93. The van der Waals surface area contributed by atoms with Gasteiger partial charge in [0.1, 0.15) is 11.4 Å². The second kappa shape index (κ2) is 5.52. The van der Waals surface area contributed by atoms with Crippen molar-refractivity contribution in [2.24, 2.45) is 0 Å². The zero-order valence-corrected chi connectivity index (χ0v) is 14.8. The van der Waals surface area contributed by atoms with Gasteiger partial charge in [-0.15, -0.1) is 0 Å². The number of rotatable bonds is 4. The van der Waals surface area contributed by atoms with Crippen molar-refractivity contribution >= 4 is 5.91 Å². The van der Waals surface area contributed by atoms with E-state index in [4.69, 9.17) is 9.47 Å². The molecule has 0 aromatic heterocycles. The number of amides is 1. The topological polar surface area (TPSA) is 38.8 Å². The molecular formula is C19H27NO3. The van der Waals surface area contributed by atoms with Crippen LogP contribution >= 0.6 is 0 Å². The average molecular weight is 317 g/mol. The Kier molecular flexibility index (Phi) is 3.91. The van der Waals surface area contributed by atoms with Crippen LogP contribution in [0.25, 0.3) is 0 Å². The van der Waals surface area contributed by atoms with Crippen LogP contribution in [0.3, 0.4) is 0 Å². The zero-order chi connectivity index (χ0) is 16.8. The van der Waals surface area contributed by atoms with Gasteiger partial charge in [0.05, 0.1) is 13.2 Å². The summed E-state index contributed by atoms with van der Waals surface area (Å²) in [7, 11) is 1.70. The molecule has 1 aliphatic heterocycles. The minimum Gasteiger partial charge on any atom is -0.497 e. The lowest BCUT2D eigenvalue weighted by Gasteiger charge is -2.39. The minimum atomic E-state index is -0.784. The monoisotopic (exact) mass is 317 g/mol. The fourth-order valence-electron chi connectivity index (χ4n) is 3.77. The van der Waals surface area contributed by atoms with Crippen LogP contribution in [0, 0.1) is 0 Å². The van der Waals surface area contributed by atoms with Crippen molar-refractivity contribution in [3.05, 3.63) is 29.3 Å². The maximum absolute atomic E-state index is 13.0. The highest BCUT2D eigenvalue weighted by atomic mass is 16.5.